The second-order valence-corrected chi connectivity index (χ2v) is 10.5. The minimum Gasteiger partial charge on any atom is -0.492 e. The van der Waals surface area contributed by atoms with Gasteiger partial charge in [-0.15, -0.1) is 0 Å². The Morgan fingerprint density at radius 1 is 0.590 bits per heavy atom. The molecule has 3 aromatic rings. The molecular formula is C33H41N3O3. The Kier molecular flexibility index (Phi) is 9.88. The molecule has 0 atom stereocenters. The number of hydrogen-bond donors (Lipinski definition) is 0. The number of carbonyl (C=O) groups is 1. The van der Waals surface area contributed by atoms with Gasteiger partial charge in [-0.25, -0.2) is 0 Å². The zero-order chi connectivity index (χ0) is 26.7. The summed E-state index contributed by atoms with van der Waals surface area (Å²) in [6, 6.07) is 25.1. The molecule has 2 aliphatic rings. The van der Waals surface area contributed by atoms with E-state index in [2.05, 4.69) is 9.80 Å². The van der Waals surface area contributed by atoms with E-state index >= 15 is 0 Å². The molecule has 39 heavy (non-hydrogen) atoms. The lowest BCUT2D eigenvalue weighted by atomic mass is 10.1. The monoisotopic (exact) mass is 527 g/mol. The van der Waals surface area contributed by atoms with Gasteiger partial charge < -0.3 is 9.47 Å². The fraction of sp³-hybridized carbons (Fsp3) is 0.424. The molecule has 5 rings (SSSR count). The van der Waals surface area contributed by atoms with Gasteiger partial charge in [-0.1, -0.05) is 31.0 Å². The maximum Gasteiger partial charge on any atom is 0.262 e. The number of piperidine rings is 2. The molecule has 206 valence electrons. The number of anilines is 2. The Balaban J connectivity index is 1.24. The second-order valence-electron chi connectivity index (χ2n) is 10.5. The molecule has 6 nitrogen and oxygen atoms in total. The molecule has 0 radical (unpaired) electrons. The van der Waals surface area contributed by atoms with Crippen LogP contribution in [-0.4, -0.2) is 68.2 Å². The van der Waals surface area contributed by atoms with Crippen LogP contribution in [0.15, 0.2) is 78.9 Å². The van der Waals surface area contributed by atoms with Crippen LogP contribution in [0.1, 0.15) is 48.9 Å². The van der Waals surface area contributed by atoms with Crippen LogP contribution in [0.2, 0.25) is 0 Å². The minimum atomic E-state index is -0.0758. The number of carbonyl (C=O) groups excluding carboxylic acids is 1. The molecule has 0 aromatic heterocycles. The van der Waals surface area contributed by atoms with Gasteiger partial charge in [-0.2, -0.15) is 0 Å². The van der Waals surface area contributed by atoms with Crippen molar-refractivity contribution in [3.8, 4) is 11.5 Å². The summed E-state index contributed by atoms with van der Waals surface area (Å²) in [4.78, 5) is 20.4. The number of benzene rings is 3. The Labute approximate surface area is 233 Å². The van der Waals surface area contributed by atoms with Crippen molar-refractivity contribution in [2.24, 2.45) is 0 Å². The Morgan fingerprint density at radius 3 is 1.46 bits per heavy atom. The third-order valence-electron chi connectivity index (χ3n) is 7.66. The van der Waals surface area contributed by atoms with Crippen LogP contribution in [0.5, 0.6) is 11.5 Å². The third kappa shape index (κ3) is 7.84. The first-order valence-corrected chi connectivity index (χ1v) is 14.6. The van der Waals surface area contributed by atoms with Gasteiger partial charge in [0, 0.05) is 30.0 Å². The molecule has 1 amide bonds. The predicted molar refractivity (Wildman–Crippen MR) is 157 cm³/mol. The third-order valence-corrected chi connectivity index (χ3v) is 7.66. The van der Waals surface area contributed by atoms with Crippen molar-refractivity contribution < 1.29 is 14.3 Å². The largest absolute Gasteiger partial charge is 0.492 e. The Hall–Kier alpha value is -3.35. The van der Waals surface area contributed by atoms with Gasteiger partial charge in [0.1, 0.15) is 24.7 Å². The van der Waals surface area contributed by atoms with Crippen molar-refractivity contribution in [2.45, 2.75) is 38.5 Å². The first kappa shape index (κ1) is 27.2. The number of amides is 1. The van der Waals surface area contributed by atoms with Crippen LogP contribution in [0, 0.1) is 0 Å². The Morgan fingerprint density at radius 2 is 1.03 bits per heavy atom. The molecule has 3 aromatic carbocycles. The van der Waals surface area contributed by atoms with E-state index < -0.39 is 0 Å². The van der Waals surface area contributed by atoms with Crippen LogP contribution < -0.4 is 14.4 Å². The van der Waals surface area contributed by atoms with E-state index in [0.717, 1.165) is 36.0 Å². The molecular weight excluding hydrogens is 486 g/mol. The van der Waals surface area contributed by atoms with Gasteiger partial charge in [-0.3, -0.25) is 19.5 Å². The zero-order valence-electron chi connectivity index (χ0n) is 23.0. The SMILES string of the molecule is O=C(c1ccccc1)N(c1ccc(OCCN2CCCCC2)cc1)c1ccc(OCCN2CCCCC2)cc1. The number of likely N-dealkylation sites (tertiary alicyclic amines) is 2. The van der Waals surface area contributed by atoms with Gasteiger partial charge in [0.15, 0.2) is 0 Å². The number of rotatable bonds is 11. The van der Waals surface area contributed by atoms with E-state index in [1.165, 1.54) is 64.7 Å². The van der Waals surface area contributed by atoms with E-state index in [1.807, 2.05) is 78.9 Å². The molecule has 2 fully saturated rings. The maximum atomic E-state index is 13.7. The first-order chi connectivity index (χ1) is 19.3. The van der Waals surface area contributed by atoms with Crippen molar-refractivity contribution in [3.05, 3.63) is 84.4 Å². The van der Waals surface area contributed by atoms with E-state index in [-0.39, 0.29) is 5.91 Å². The summed E-state index contributed by atoms with van der Waals surface area (Å²) in [5, 5.41) is 0. The summed E-state index contributed by atoms with van der Waals surface area (Å²) in [6.45, 7) is 7.92. The van der Waals surface area contributed by atoms with Crippen LogP contribution in [0.4, 0.5) is 11.4 Å². The van der Waals surface area contributed by atoms with Crippen LogP contribution in [0.25, 0.3) is 0 Å². The fourth-order valence-electron chi connectivity index (χ4n) is 5.43. The Bertz CT molecular complexity index is 1070. The summed E-state index contributed by atoms with van der Waals surface area (Å²) in [5.74, 6) is 1.56. The highest BCUT2D eigenvalue weighted by molar-refractivity contribution is 6.10. The van der Waals surface area contributed by atoms with Gasteiger partial charge in [0.05, 0.1) is 0 Å². The van der Waals surface area contributed by atoms with E-state index in [9.17, 15) is 4.79 Å². The normalized spacial score (nSPS) is 16.5. The van der Waals surface area contributed by atoms with Crippen molar-refractivity contribution in [2.75, 3.05) is 57.4 Å². The molecule has 0 saturated carbocycles. The summed E-state index contributed by atoms with van der Waals surface area (Å²) in [5.41, 5.74) is 2.23. The zero-order valence-corrected chi connectivity index (χ0v) is 23.0. The molecule has 0 spiro atoms. The molecule has 0 aliphatic carbocycles. The van der Waals surface area contributed by atoms with Crippen LogP contribution in [0.3, 0.4) is 0 Å². The highest BCUT2D eigenvalue weighted by Crippen LogP contribution is 2.31. The number of nitrogens with zero attached hydrogens (tertiary/aromatic N) is 3. The smallest absolute Gasteiger partial charge is 0.262 e. The highest BCUT2D eigenvalue weighted by Gasteiger charge is 2.20. The number of ether oxygens (including phenoxy) is 2. The lowest BCUT2D eigenvalue weighted by Crippen LogP contribution is -2.33. The molecule has 2 aliphatic heterocycles. The topological polar surface area (TPSA) is 45.3 Å². The molecule has 2 saturated heterocycles. The van der Waals surface area contributed by atoms with Gasteiger partial charge in [-0.05, 0) is 113 Å². The van der Waals surface area contributed by atoms with Crippen molar-refractivity contribution in [1.29, 1.82) is 0 Å². The van der Waals surface area contributed by atoms with E-state index in [4.69, 9.17) is 9.47 Å². The average molecular weight is 528 g/mol. The fourth-order valence-corrected chi connectivity index (χ4v) is 5.43. The summed E-state index contributed by atoms with van der Waals surface area (Å²) in [7, 11) is 0. The van der Waals surface area contributed by atoms with E-state index in [1.54, 1.807) is 4.90 Å². The second kappa shape index (κ2) is 14.2. The highest BCUT2D eigenvalue weighted by atomic mass is 16.5. The minimum absolute atomic E-state index is 0.0758. The lowest BCUT2D eigenvalue weighted by Gasteiger charge is -2.26. The van der Waals surface area contributed by atoms with E-state index in [0.29, 0.717) is 18.8 Å². The standard InChI is InChI=1S/C33H41N3O3/c37-33(28-10-4-1-5-11-28)36(29-12-16-31(17-13-29)38-26-24-34-20-6-2-7-21-34)30-14-18-32(19-15-30)39-27-25-35-22-8-3-9-23-35/h1,4-5,10-19H,2-3,6-9,20-27H2. The van der Waals surface area contributed by atoms with Crippen LogP contribution >= 0.6 is 0 Å². The molecule has 6 heteroatoms. The van der Waals surface area contributed by atoms with Crippen molar-refractivity contribution in [3.63, 3.8) is 0 Å². The van der Waals surface area contributed by atoms with Gasteiger partial charge in [0.25, 0.3) is 5.91 Å². The van der Waals surface area contributed by atoms with Gasteiger partial charge >= 0.3 is 0 Å². The van der Waals surface area contributed by atoms with Crippen molar-refractivity contribution >= 4 is 17.3 Å². The van der Waals surface area contributed by atoms with Crippen LogP contribution in [-0.2, 0) is 0 Å². The summed E-state index contributed by atoms with van der Waals surface area (Å²) in [6.07, 6.45) is 7.81. The predicted octanol–water partition coefficient (Wildman–Crippen LogP) is 6.39. The summed E-state index contributed by atoms with van der Waals surface area (Å²) < 4.78 is 12.1. The summed E-state index contributed by atoms with van der Waals surface area (Å²) >= 11 is 0. The molecule has 0 N–H and O–H groups in total. The molecule has 2 heterocycles. The quantitative estimate of drug-likeness (QED) is 0.289. The molecule has 0 bridgehead atoms. The average Bonchev–Trinajstić information content (AvgIpc) is 3.00. The number of hydrogen-bond acceptors (Lipinski definition) is 5. The lowest BCUT2D eigenvalue weighted by molar-refractivity contribution is 0.0999. The van der Waals surface area contributed by atoms with Gasteiger partial charge in [0.2, 0.25) is 0 Å². The first-order valence-electron chi connectivity index (χ1n) is 14.6. The molecule has 0 unspecified atom stereocenters. The van der Waals surface area contributed by atoms with Crippen molar-refractivity contribution in [1.82, 2.24) is 9.80 Å². The maximum absolute atomic E-state index is 13.7.